The van der Waals surface area contributed by atoms with Crippen LogP contribution in [0.25, 0.3) is 0 Å². The average molecular weight is 205 g/mol. The van der Waals surface area contributed by atoms with Gasteiger partial charge in [0, 0.05) is 6.04 Å². The van der Waals surface area contributed by atoms with E-state index in [0.717, 1.165) is 25.7 Å². The molecule has 84 valence electrons. The van der Waals surface area contributed by atoms with Crippen molar-refractivity contribution in [3.63, 3.8) is 0 Å². The van der Waals surface area contributed by atoms with Gasteiger partial charge in [0.05, 0.1) is 0 Å². The van der Waals surface area contributed by atoms with E-state index in [2.05, 4.69) is 39.0 Å². The van der Waals surface area contributed by atoms with E-state index in [0.29, 0.717) is 6.04 Å². The largest absolute Gasteiger partial charge is 0.327 e. The van der Waals surface area contributed by atoms with Crippen molar-refractivity contribution in [3.05, 3.63) is 34.9 Å². The van der Waals surface area contributed by atoms with Crippen LogP contribution in [0.1, 0.15) is 43.9 Å². The predicted octanol–water partition coefficient (Wildman–Crippen LogP) is 3.09. The van der Waals surface area contributed by atoms with Crippen LogP contribution in [0.3, 0.4) is 0 Å². The highest BCUT2D eigenvalue weighted by Gasteiger charge is 2.04. The zero-order valence-corrected chi connectivity index (χ0v) is 10.2. The normalized spacial score (nSPS) is 12.8. The molecule has 0 aromatic heterocycles. The molecule has 0 heterocycles. The molecule has 2 N–H and O–H groups in total. The fourth-order valence-corrected chi connectivity index (χ4v) is 1.93. The number of aryl methyl sites for hydroxylation is 2. The zero-order chi connectivity index (χ0) is 11.3. The third-order valence-electron chi connectivity index (χ3n) is 3.05. The molecule has 0 unspecified atom stereocenters. The molecule has 0 saturated heterocycles. The molecule has 0 bridgehead atoms. The molecule has 0 fully saturated rings. The summed E-state index contributed by atoms with van der Waals surface area (Å²) in [4.78, 5) is 0. The van der Waals surface area contributed by atoms with Gasteiger partial charge in [-0.3, -0.25) is 0 Å². The van der Waals surface area contributed by atoms with Crippen LogP contribution < -0.4 is 5.73 Å². The second-order valence-electron chi connectivity index (χ2n) is 4.18. The van der Waals surface area contributed by atoms with Crippen LogP contribution >= 0.6 is 0 Å². The van der Waals surface area contributed by atoms with Gasteiger partial charge >= 0.3 is 0 Å². The molecule has 0 aliphatic heterocycles. The third-order valence-corrected chi connectivity index (χ3v) is 3.05. The van der Waals surface area contributed by atoms with E-state index in [-0.39, 0.29) is 0 Å². The van der Waals surface area contributed by atoms with Crippen molar-refractivity contribution >= 4 is 0 Å². The van der Waals surface area contributed by atoms with Crippen molar-refractivity contribution < 1.29 is 0 Å². The van der Waals surface area contributed by atoms with Gasteiger partial charge in [0.2, 0.25) is 0 Å². The SMILES string of the molecule is CCc1ccc(C[C@H](N)CC)cc1CC. The highest BCUT2D eigenvalue weighted by Crippen LogP contribution is 2.15. The summed E-state index contributed by atoms with van der Waals surface area (Å²) in [5.74, 6) is 0. The standard InChI is InChI=1S/C14H23N/c1-4-12-8-7-11(9-13(12)5-2)10-14(15)6-3/h7-9,14H,4-6,10,15H2,1-3H3/t14-/m1/s1. The average Bonchev–Trinajstić information content (AvgIpc) is 2.28. The first-order valence-corrected chi connectivity index (χ1v) is 6.07. The van der Waals surface area contributed by atoms with Gasteiger partial charge in [-0.15, -0.1) is 0 Å². The Morgan fingerprint density at radius 2 is 1.73 bits per heavy atom. The number of rotatable bonds is 5. The third kappa shape index (κ3) is 3.35. The molecular formula is C14H23N. The summed E-state index contributed by atoms with van der Waals surface area (Å²) in [6, 6.07) is 7.13. The molecule has 0 amide bonds. The molecule has 1 heteroatoms. The molecule has 1 rings (SSSR count). The van der Waals surface area contributed by atoms with Crippen LogP contribution in [-0.4, -0.2) is 6.04 Å². The summed E-state index contributed by atoms with van der Waals surface area (Å²) >= 11 is 0. The Morgan fingerprint density at radius 1 is 1.07 bits per heavy atom. The van der Waals surface area contributed by atoms with Crippen molar-refractivity contribution in [2.75, 3.05) is 0 Å². The first-order valence-electron chi connectivity index (χ1n) is 6.07. The second kappa shape index (κ2) is 5.92. The Labute approximate surface area is 93.7 Å². The van der Waals surface area contributed by atoms with Crippen molar-refractivity contribution in [3.8, 4) is 0 Å². The van der Waals surface area contributed by atoms with Crippen molar-refractivity contribution in [2.24, 2.45) is 5.73 Å². The summed E-state index contributed by atoms with van der Waals surface area (Å²) in [7, 11) is 0. The van der Waals surface area contributed by atoms with Gasteiger partial charge in [-0.25, -0.2) is 0 Å². The van der Waals surface area contributed by atoms with E-state index < -0.39 is 0 Å². The van der Waals surface area contributed by atoms with Crippen molar-refractivity contribution in [1.82, 2.24) is 0 Å². The van der Waals surface area contributed by atoms with Gasteiger partial charge in [-0.05, 0) is 42.4 Å². The zero-order valence-electron chi connectivity index (χ0n) is 10.2. The Morgan fingerprint density at radius 3 is 2.27 bits per heavy atom. The lowest BCUT2D eigenvalue weighted by atomic mass is 9.96. The lowest BCUT2D eigenvalue weighted by Crippen LogP contribution is -2.21. The molecule has 0 radical (unpaired) electrons. The highest BCUT2D eigenvalue weighted by atomic mass is 14.6. The fraction of sp³-hybridized carbons (Fsp3) is 0.571. The number of nitrogens with two attached hydrogens (primary N) is 1. The fourth-order valence-electron chi connectivity index (χ4n) is 1.93. The Bertz CT molecular complexity index is 304. The van der Waals surface area contributed by atoms with Crippen molar-refractivity contribution in [1.29, 1.82) is 0 Å². The van der Waals surface area contributed by atoms with Crippen LogP contribution in [0.15, 0.2) is 18.2 Å². The van der Waals surface area contributed by atoms with E-state index in [9.17, 15) is 0 Å². The van der Waals surface area contributed by atoms with Gasteiger partial charge in [0.1, 0.15) is 0 Å². The molecule has 0 saturated carbocycles. The van der Waals surface area contributed by atoms with E-state index in [1.54, 1.807) is 0 Å². The second-order valence-corrected chi connectivity index (χ2v) is 4.18. The first-order chi connectivity index (χ1) is 7.21. The summed E-state index contributed by atoms with van der Waals surface area (Å²) < 4.78 is 0. The van der Waals surface area contributed by atoms with Gasteiger partial charge in [-0.2, -0.15) is 0 Å². The smallest absolute Gasteiger partial charge is 0.00766 e. The van der Waals surface area contributed by atoms with Crippen LogP contribution in [-0.2, 0) is 19.3 Å². The first kappa shape index (κ1) is 12.3. The minimum atomic E-state index is 0.308. The summed E-state index contributed by atoms with van der Waals surface area (Å²) in [6.45, 7) is 6.58. The lowest BCUT2D eigenvalue weighted by molar-refractivity contribution is 0.646. The molecule has 15 heavy (non-hydrogen) atoms. The minimum Gasteiger partial charge on any atom is -0.327 e. The van der Waals surface area contributed by atoms with Crippen LogP contribution in [0.5, 0.6) is 0 Å². The van der Waals surface area contributed by atoms with Crippen LogP contribution in [0, 0.1) is 0 Å². The molecule has 1 aromatic rings. The van der Waals surface area contributed by atoms with E-state index in [4.69, 9.17) is 5.73 Å². The lowest BCUT2D eigenvalue weighted by Gasteiger charge is -2.12. The summed E-state index contributed by atoms with van der Waals surface area (Å²) in [6.07, 6.45) is 4.31. The number of hydrogen-bond acceptors (Lipinski definition) is 1. The van der Waals surface area contributed by atoms with Crippen LogP contribution in [0.4, 0.5) is 0 Å². The summed E-state index contributed by atoms with van der Waals surface area (Å²) in [5.41, 5.74) is 10.3. The molecule has 1 nitrogen and oxygen atoms in total. The van der Waals surface area contributed by atoms with Crippen molar-refractivity contribution in [2.45, 2.75) is 52.5 Å². The molecule has 0 aliphatic rings. The predicted molar refractivity (Wildman–Crippen MR) is 67.2 cm³/mol. The monoisotopic (exact) mass is 205 g/mol. The Hall–Kier alpha value is -0.820. The topological polar surface area (TPSA) is 26.0 Å². The quantitative estimate of drug-likeness (QED) is 0.785. The maximum absolute atomic E-state index is 5.97. The van der Waals surface area contributed by atoms with Gasteiger partial charge in [0.25, 0.3) is 0 Å². The van der Waals surface area contributed by atoms with Crippen LogP contribution in [0.2, 0.25) is 0 Å². The van der Waals surface area contributed by atoms with E-state index in [1.807, 2.05) is 0 Å². The van der Waals surface area contributed by atoms with Gasteiger partial charge in [0.15, 0.2) is 0 Å². The van der Waals surface area contributed by atoms with Gasteiger partial charge < -0.3 is 5.73 Å². The maximum Gasteiger partial charge on any atom is 0.00766 e. The Balaban J connectivity index is 2.83. The highest BCUT2D eigenvalue weighted by molar-refractivity contribution is 5.32. The molecule has 0 aliphatic carbocycles. The minimum absolute atomic E-state index is 0.308. The molecule has 1 atom stereocenters. The molecular weight excluding hydrogens is 182 g/mol. The Kier molecular flexibility index (Phi) is 4.83. The van der Waals surface area contributed by atoms with E-state index >= 15 is 0 Å². The maximum atomic E-state index is 5.97. The number of hydrogen-bond donors (Lipinski definition) is 1. The van der Waals surface area contributed by atoms with E-state index in [1.165, 1.54) is 16.7 Å². The summed E-state index contributed by atoms with van der Waals surface area (Å²) in [5, 5.41) is 0. The van der Waals surface area contributed by atoms with Gasteiger partial charge in [-0.1, -0.05) is 39.0 Å². The number of benzene rings is 1. The molecule has 1 aromatic carbocycles. The molecule has 0 spiro atoms.